The highest BCUT2D eigenvalue weighted by atomic mass is 79.9. The number of carboxylic acids is 1. The largest absolute Gasteiger partial charge is 0.478 e. The fraction of sp³-hybridized carbons (Fsp3) is 0.300. The third kappa shape index (κ3) is 3.62. The van der Waals surface area contributed by atoms with Crippen molar-refractivity contribution in [1.29, 1.82) is 0 Å². The number of benzene rings is 1. The van der Waals surface area contributed by atoms with Crippen molar-refractivity contribution in [2.75, 3.05) is 18.5 Å². The number of carboxylic acid groups (broad SMARTS) is 1. The summed E-state index contributed by atoms with van der Waals surface area (Å²) < 4.78 is 36.9. The molecule has 0 aliphatic carbocycles. The van der Waals surface area contributed by atoms with Gasteiger partial charge < -0.3 is 10.0 Å². The van der Waals surface area contributed by atoms with E-state index in [1.54, 1.807) is 0 Å². The highest BCUT2D eigenvalue weighted by Gasteiger charge is 2.31. The van der Waals surface area contributed by atoms with Gasteiger partial charge >= 0.3 is 12.1 Å². The maximum absolute atomic E-state index is 12.2. The van der Waals surface area contributed by atoms with Gasteiger partial charge in [0, 0.05) is 11.5 Å². The first-order valence-electron chi connectivity index (χ1n) is 4.52. The number of hydrogen-bond donors (Lipinski definition) is 1. The normalized spacial score (nSPS) is 11.4. The predicted molar refractivity (Wildman–Crippen MR) is 60.4 cm³/mol. The topological polar surface area (TPSA) is 40.5 Å². The Hall–Kier alpha value is -1.24. The number of halogens is 4. The number of carbonyl (C=O) groups is 1. The zero-order valence-electron chi connectivity index (χ0n) is 8.75. The molecule has 1 aromatic carbocycles. The van der Waals surface area contributed by atoms with Crippen molar-refractivity contribution in [2.24, 2.45) is 0 Å². The second-order valence-electron chi connectivity index (χ2n) is 3.41. The molecule has 0 amide bonds. The molecule has 7 heteroatoms. The highest BCUT2D eigenvalue weighted by Crippen LogP contribution is 2.29. The van der Waals surface area contributed by atoms with Gasteiger partial charge in [-0.2, -0.15) is 13.2 Å². The Morgan fingerprint density at radius 1 is 1.47 bits per heavy atom. The maximum atomic E-state index is 12.2. The SMILES string of the molecule is CN(CC(F)(F)F)c1cccc(Br)c1C(=O)O. The molecule has 1 aromatic rings. The van der Waals surface area contributed by atoms with Gasteiger partial charge in [-0.1, -0.05) is 6.07 Å². The maximum Gasteiger partial charge on any atom is 0.405 e. The quantitative estimate of drug-likeness (QED) is 0.932. The Morgan fingerprint density at radius 2 is 2.06 bits per heavy atom. The van der Waals surface area contributed by atoms with E-state index in [9.17, 15) is 18.0 Å². The summed E-state index contributed by atoms with van der Waals surface area (Å²) in [6.45, 7) is -1.20. The molecule has 1 rings (SSSR count). The first-order valence-corrected chi connectivity index (χ1v) is 5.31. The lowest BCUT2D eigenvalue weighted by Gasteiger charge is -2.22. The molecule has 0 unspecified atom stereocenters. The van der Waals surface area contributed by atoms with Gasteiger partial charge in [0.2, 0.25) is 0 Å². The average Bonchev–Trinajstić information content (AvgIpc) is 2.13. The molecule has 17 heavy (non-hydrogen) atoms. The van der Waals surface area contributed by atoms with Crippen molar-refractivity contribution in [3.63, 3.8) is 0 Å². The monoisotopic (exact) mass is 311 g/mol. The summed E-state index contributed by atoms with van der Waals surface area (Å²) in [5.41, 5.74) is -0.163. The summed E-state index contributed by atoms with van der Waals surface area (Å²) in [6, 6.07) is 4.28. The van der Waals surface area contributed by atoms with E-state index in [2.05, 4.69) is 15.9 Å². The van der Waals surface area contributed by atoms with Crippen LogP contribution in [0.25, 0.3) is 0 Å². The lowest BCUT2D eigenvalue weighted by Crippen LogP contribution is -2.32. The van der Waals surface area contributed by atoms with E-state index < -0.39 is 18.7 Å². The average molecular weight is 312 g/mol. The van der Waals surface area contributed by atoms with Gasteiger partial charge in [0.15, 0.2) is 0 Å². The van der Waals surface area contributed by atoms with Gasteiger partial charge in [0.25, 0.3) is 0 Å². The van der Waals surface area contributed by atoms with Crippen LogP contribution < -0.4 is 4.90 Å². The number of nitrogens with zero attached hydrogens (tertiary/aromatic N) is 1. The van der Waals surface area contributed by atoms with Crippen LogP contribution in [-0.2, 0) is 0 Å². The minimum Gasteiger partial charge on any atom is -0.478 e. The second kappa shape index (κ2) is 4.95. The van der Waals surface area contributed by atoms with Crippen molar-refractivity contribution in [3.8, 4) is 0 Å². The zero-order valence-corrected chi connectivity index (χ0v) is 10.3. The summed E-state index contributed by atoms with van der Waals surface area (Å²) in [6.07, 6.45) is -4.38. The van der Waals surface area contributed by atoms with Crippen LogP contribution in [0.2, 0.25) is 0 Å². The lowest BCUT2D eigenvalue weighted by atomic mass is 10.1. The van der Waals surface area contributed by atoms with Crippen molar-refractivity contribution in [3.05, 3.63) is 28.2 Å². The molecule has 0 aliphatic heterocycles. The van der Waals surface area contributed by atoms with Crippen LogP contribution in [0.5, 0.6) is 0 Å². The number of aromatic carboxylic acids is 1. The van der Waals surface area contributed by atoms with Crippen molar-refractivity contribution < 1.29 is 23.1 Å². The van der Waals surface area contributed by atoms with Crippen LogP contribution >= 0.6 is 15.9 Å². The molecule has 0 saturated carbocycles. The summed E-state index contributed by atoms with van der Waals surface area (Å²) in [7, 11) is 1.20. The van der Waals surface area contributed by atoms with Gasteiger partial charge in [-0.3, -0.25) is 0 Å². The summed E-state index contributed by atoms with van der Waals surface area (Å²) >= 11 is 3.01. The van der Waals surface area contributed by atoms with Crippen molar-refractivity contribution >= 4 is 27.6 Å². The van der Waals surface area contributed by atoms with Crippen LogP contribution in [-0.4, -0.2) is 30.8 Å². The van der Waals surface area contributed by atoms with E-state index in [1.807, 2.05) is 0 Å². The molecule has 0 heterocycles. The minimum absolute atomic E-state index is 0.0178. The third-order valence-corrected chi connectivity index (χ3v) is 2.69. The standard InChI is InChI=1S/C10H9BrF3NO2/c1-15(5-10(12,13)14)7-4-2-3-6(11)8(7)9(16)17/h2-4H,5H2,1H3,(H,16,17). The molecular formula is C10H9BrF3NO2. The third-order valence-electron chi connectivity index (χ3n) is 2.03. The Kier molecular flexibility index (Phi) is 4.03. The fourth-order valence-electron chi connectivity index (χ4n) is 1.40. The summed E-state index contributed by atoms with van der Waals surface area (Å²) in [5, 5.41) is 8.96. The van der Waals surface area contributed by atoms with Gasteiger partial charge in [-0.25, -0.2) is 4.79 Å². The molecule has 0 fully saturated rings. The van der Waals surface area contributed by atoms with Gasteiger partial charge in [-0.15, -0.1) is 0 Å². The van der Waals surface area contributed by atoms with Gasteiger partial charge in [0.1, 0.15) is 6.54 Å². The molecule has 0 aliphatic rings. The van der Waals surface area contributed by atoms with E-state index in [0.29, 0.717) is 0 Å². The summed E-state index contributed by atoms with van der Waals surface area (Å²) in [5.74, 6) is -1.28. The first kappa shape index (κ1) is 13.8. The molecule has 0 bridgehead atoms. The molecule has 0 radical (unpaired) electrons. The van der Waals surface area contributed by atoms with Crippen LogP contribution in [0.3, 0.4) is 0 Å². The Bertz CT molecular complexity index is 434. The highest BCUT2D eigenvalue weighted by molar-refractivity contribution is 9.10. The van der Waals surface area contributed by atoms with Crippen LogP contribution in [0, 0.1) is 0 Å². The predicted octanol–water partition coefficient (Wildman–Crippen LogP) is 3.15. The van der Waals surface area contributed by atoms with Crippen molar-refractivity contribution in [2.45, 2.75) is 6.18 Å². The molecule has 0 atom stereocenters. The number of anilines is 1. The number of alkyl halides is 3. The second-order valence-corrected chi connectivity index (χ2v) is 4.26. The molecular weight excluding hydrogens is 303 g/mol. The number of rotatable bonds is 3. The van der Waals surface area contributed by atoms with E-state index in [1.165, 1.54) is 25.2 Å². The first-order chi connectivity index (χ1) is 7.72. The van der Waals surface area contributed by atoms with Crippen LogP contribution in [0.1, 0.15) is 10.4 Å². The van der Waals surface area contributed by atoms with E-state index in [0.717, 1.165) is 4.90 Å². The van der Waals surface area contributed by atoms with Gasteiger partial charge in [0.05, 0.1) is 11.3 Å². The zero-order chi connectivity index (χ0) is 13.2. The van der Waals surface area contributed by atoms with Crippen LogP contribution in [0.4, 0.5) is 18.9 Å². The molecule has 1 N–H and O–H groups in total. The Morgan fingerprint density at radius 3 is 2.53 bits per heavy atom. The van der Waals surface area contributed by atoms with E-state index in [-0.39, 0.29) is 15.7 Å². The van der Waals surface area contributed by atoms with Crippen molar-refractivity contribution in [1.82, 2.24) is 0 Å². The van der Waals surface area contributed by atoms with Gasteiger partial charge in [-0.05, 0) is 28.1 Å². The molecule has 0 aromatic heterocycles. The lowest BCUT2D eigenvalue weighted by molar-refractivity contribution is -0.119. The minimum atomic E-state index is -4.38. The molecule has 0 spiro atoms. The smallest absolute Gasteiger partial charge is 0.405 e. The van der Waals surface area contributed by atoms with E-state index in [4.69, 9.17) is 5.11 Å². The number of hydrogen-bond acceptors (Lipinski definition) is 2. The molecule has 94 valence electrons. The molecule has 3 nitrogen and oxygen atoms in total. The fourth-order valence-corrected chi connectivity index (χ4v) is 1.92. The van der Waals surface area contributed by atoms with E-state index >= 15 is 0 Å². The summed E-state index contributed by atoms with van der Waals surface area (Å²) in [4.78, 5) is 11.8. The Labute approximate surface area is 104 Å². The van der Waals surface area contributed by atoms with Crippen LogP contribution in [0.15, 0.2) is 22.7 Å². The molecule has 0 saturated heterocycles. The Balaban J connectivity index is 3.13.